The molecule has 0 aliphatic heterocycles. The fourth-order valence-corrected chi connectivity index (χ4v) is 1.37. The van der Waals surface area contributed by atoms with E-state index in [4.69, 9.17) is 9.84 Å². The van der Waals surface area contributed by atoms with Crippen LogP contribution in [0.25, 0.3) is 0 Å². The Morgan fingerprint density at radius 3 is 2.53 bits per heavy atom. The van der Waals surface area contributed by atoms with Crippen LogP contribution in [0.1, 0.15) is 6.92 Å². The minimum atomic E-state index is -1.77. The van der Waals surface area contributed by atoms with Gasteiger partial charge < -0.3 is 14.9 Å². The first-order valence-electron chi connectivity index (χ1n) is 4.32. The number of hydrogen-bond acceptors (Lipinski definition) is 4. The summed E-state index contributed by atoms with van der Waals surface area (Å²) in [7, 11) is 1.30. The number of carboxylic acids is 1. The number of carbonyl (C=O) groups is 2. The molecule has 0 aromatic carbocycles. The lowest BCUT2D eigenvalue weighted by atomic mass is 9.86. The number of aliphatic hydroxyl groups is 1. The fourth-order valence-electron chi connectivity index (χ4n) is 1.37. The van der Waals surface area contributed by atoms with Crippen molar-refractivity contribution in [3.8, 4) is 0 Å². The monoisotopic (exact) mass is 212 g/mol. The molecule has 0 aromatic rings. The molecule has 5 heteroatoms. The molecule has 2 N–H and O–H groups in total. The zero-order chi connectivity index (χ0) is 11.6. The van der Waals surface area contributed by atoms with Crippen LogP contribution in [0, 0.1) is 0 Å². The van der Waals surface area contributed by atoms with Crippen LogP contribution < -0.4 is 0 Å². The maximum absolute atomic E-state index is 11.2. The van der Waals surface area contributed by atoms with Crippen LogP contribution in [0.5, 0.6) is 0 Å². The highest BCUT2D eigenvalue weighted by Gasteiger charge is 2.40. The zero-order valence-electron chi connectivity index (χ0n) is 8.43. The predicted molar refractivity (Wildman–Crippen MR) is 51.3 cm³/mol. The Morgan fingerprint density at radius 2 is 2.13 bits per heavy atom. The third-order valence-corrected chi connectivity index (χ3v) is 2.35. The van der Waals surface area contributed by atoms with Crippen LogP contribution in [0.2, 0.25) is 0 Å². The molecule has 0 amide bonds. The first-order chi connectivity index (χ1) is 6.91. The molecule has 1 aliphatic carbocycles. The van der Waals surface area contributed by atoms with E-state index in [9.17, 15) is 14.7 Å². The van der Waals surface area contributed by atoms with Crippen molar-refractivity contribution >= 4 is 11.8 Å². The summed E-state index contributed by atoms with van der Waals surface area (Å²) >= 11 is 0. The van der Waals surface area contributed by atoms with Gasteiger partial charge in [0, 0.05) is 7.11 Å². The van der Waals surface area contributed by atoms with Crippen LogP contribution >= 0.6 is 0 Å². The first kappa shape index (κ1) is 11.6. The number of ketones is 1. The number of aliphatic carboxylic acids is 1. The number of hydrogen-bond donors (Lipinski definition) is 2. The van der Waals surface area contributed by atoms with Gasteiger partial charge in [-0.25, -0.2) is 4.79 Å². The molecule has 82 valence electrons. The minimum Gasteiger partial charge on any atom is -0.478 e. The Hall–Kier alpha value is -1.46. The number of rotatable bonds is 3. The number of carboxylic acid groups (broad SMARTS) is 1. The van der Waals surface area contributed by atoms with Crippen molar-refractivity contribution in [1.29, 1.82) is 0 Å². The van der Waals surface area contributed by atoms with Crippen LogP contribution in [-0.4, -0.2) is 40.8 Å². The molecule has 1 aliphatic rings. The van der Waals surface area contributed by atoms with Gasteiger partial charge in [0.2, 0.25) is 0 Å². The van der Waals surface area contributed by atoms with Crippen molar-refractivity contribution < 1.29 is 24.5 Å². The molecule has 0 aromatic heterocycles. The molecule has 0 radical (unpaired) electrons. The number of methoxy groups -OCH3 is 1. The second kappa shape index (κ2) is 3.96. The SMILES string of the molecule is COC1C=C(C(=O)O)C=CC1(O)C(C)=O. The van der Waals surface area contributed by atoms with E-state index in [0.717, 1.165) is 6.08 Å². The molecule has 0 saturated heterocycles. The quantitative estimate of drug-likeness (QED) is 0.682. The Morgan fingerprint density at radius 1 is 1.53 bits per heavy atom. The second-order valence-corrected chi connectivity index (χ2v) is 3.30. The summed E-state index contributed by atoms with van der Waals surface area (Å²) in [6.45, 7) is 1.22. The van der Waals surface area contributed by atoms with Gasteiger partial charge in [-0.3, -0.25) is 4.79 Å². The van der Waals surface area contributed by atoms with E-state index >= 15 is 0 Å². The molecular formula is C10H12O5. The molecule has 15 heavy (non-hydrogen) atoms. The van der Waals surface area contributed by atoms with Crippen molar-refractivity contribution in [2.24, 2.45) is 0 Å². The summed E-state index contributed by atoms with van der Waals surface area (Å²) in [6.07, 6.45) is 2.58. The van der Waals surface area contributed by atoms with Crippen molar-refractivity contribution in [2.45, 2.75) is 18.6 Å². The topological polar surface area (TPSA) is 83.8 Å². The van der Waals surface area contributed by atoms with Crippen molar-refractivity contribution in [3.63, 3.8) is 0 Å². The number of ether oxygens (including phenoxy) is 1. The summed E-state index contributed by atoms with van der Waals surface area (Å²) in [5.41, 5.74) is -1.78. The molecule has 2 unspecified atom stereocenters. The molecular weight excluding hydrogens is 200 g/mol. The molecule has 0 fully saturated rings. The van der Waals surface area contributed by atoms with Gasteiger partial charge in [-0.2, -0.15) is 0 Å². The minimum absolute atomic E-state index is 0.00669. The van der Waals surface area contributed by atoms with E-state index in [1.807, 2.05) is 0 Å². The van der Waals surface area contributed by atoms with Crippen LogP contribution in [0.4, 0.5) is 0 Å². The van der Waals surface area contributed by atoms with Crippen molar-refractivity contribution in [3.05, 3.63) is 23.8 Å². The van der Waals surface area contributed by atoms with Gasteiger partial charge in [-0.05, 0) is 25.2 Å². The molecule has 0 bridgehead atoms. The third kappa shape index (κ3) is 1.98. The largest absolute Gasteiger partial charge is 0.478 e. The Bertz CT molecular complexity index is 355. The summed E-state index contributed by atoms with van der Waals surface area (Å²) in [5.74, 6) is -1.62. The highest BCUT2D eigenvalue weighted by atomic mass is 16.5. The lowest BCUT2D eigenvalue weighted by molar-refractivity contribution is -0.140. The highest BCUT2D eigenvalue weighted by molar-refractivity contribution is 5.94. The fraction of sp³-hybridized carbons (Fsp3) is 0.400. The Balaban J connectivity index is 3.08. The molecule has 1 rings (SSSR count). The zero-order valence-corrected chi connectivity index (χ0v) is 8.43. The molecule has 5 nitrogen and oxygen atoms in total. The summed E-state index contributed by atoms with van der Waals surface area (Å²) in [4.78, 5) is 21.9. The lowest BCUT2D eigenvalue weighted by Gasteiger charge is -2.30. The Kier molecular flexibility index (Phi) is 3.06. The van der Waals surface area contributed by atoms with Gasteiger partial charge in [0.05, 0.1) is 5.57 Å². The maximum atomic E-state index is 11.2. The smallest absolute Gasteiger partial charge is 0.335 e. The summed E-state index contributed by atoms with van der Waals surface area (Å²) in [6, 6.07) is 0. The molecule has 0 saturated carbocycles. The van der Waals surface area contributed by atoms with Gasteiger partial charge in [-0.1, -0.05) is 0 Å². The third-order valence-electron chi connectivity index (χ3n) is 2.35. The van der Waals surface area contributed by atoms with E-state index in [1.165, 1.54) is 26.2 Å². The van der Waals surface area contributed by atoms with Gasteiger partial charge in [0.1, 0.15) is 6.10 Å². The van der Waals surface area contributed by atoms with Crippen molar-refractivity contribution in [1.82, 2.24) is 0 Å². The van der Waals surface area contributed by atoms with E-state index < -0.39 is 23.5 Å². The van der Waals surface area contributed by atoms with Crippen molar-refractivity contribution in [2.75, 3.05) is 7.11 Å². The summed E-state index contributed by atoms with van der Waals surface area (Å²) < 4.78 is 4.89. The number of Topliss-reactive ketones (excluding diaryl/α,β-unsaturated/α-hetero) is 1. The molecule has 0 heterocycles. The second-order valence-electron chi connectivity index (χ2n) is 3.30. The van der Waals surface area contributed by atoms with E-state index in [-0.39, 0.29) is 5.57 Å². The lowest BCUT2D eigenvalue weighted by Crippen LogP contribution is -2.48. The Labute approximate surface area is 86.7 Å². The average Bonchev–Trinajstić information content (AvgIpc) is 2.17. The first-order valence-corrected chi connectivity index (χ1v) is 4.32. The van der Waals surface area contributed by atoms with Gasteiger partial charge >= 0.3 is 5.97 Å². The number of carbonyl (C=O) groups excluding carboxylic acids is 1. The van der Waals surface area contributed by atoms with Gasteiger partial charge in [0.15, 0.2) is 11.4 Å². The highest BCUT2D eigenvalue weighted by Crippen LogP contribution is 2.24. The van der Waals surface area contributed by atoms with E-state index in [1.54, 1.807) is 0 Å². The normalized spacial score (nSPS) is 29.8. The van der Waals surface area contributed by atoms with Gasteiger partial charge in [0.25, 0.3) is 0 Å². The standard InChI is InChI=1S/C10H12O5/c1-6(11)10(14)4-3-7(9(12)13)5-8(10)15-2/h3-5,8,14H,1-2H3,(H,12,13). The summed E-state index contributed by atoms with van der Waals surface area (Å²) in [5, 5.41) is 18.6. The van der Waals surface area contributed by atoms with E-state index in [0.29, 0.717) is 0 Å². The van der Waals surface area contributed by atoms with Crippen LogP contribution in [-0.2, 0) is 14.3 Å². The molecule has 2 atom stereocenters. The van der Waals surface area contributed by atoms with E-state index in [2.05, 4.69) is 0 Å². The van der Waals surface area contributed by atoms with Crippen LogP contribution in [0.3, 0.4) is 0 Å². The molecule has 0 spiro atoms. The van der Waals surface area contributed by atoms with Gasteiger partial charge in [-0.15, -0.1) is 0 Å². The van der Waals surface area contributed by atoms with Crippen LogP contribution in [0.15, 0.2) is 23.8 Å². The average molecular weight is 212 g/mol. The maximum Gasteiger partial charge on any atom is 0.335 e. The predicted octanol–water partition coefficient (Wildman–Crippen LogP) is -0.0977.